The lowest BCUT2D eigenvalue weighted by atomic mass is 10.1. The second kappa shape index (κ2) is 6.17. The van der Waals surface area contributed by atoms with Crippen LogP contribution in [-0.4, -0.2) is 28.0 Å². The first-order valence-electron chi connectivity index (χ1n) is 7.25. The fourth-order valence-electron chi connectivity index (χ4n) is 2.54. The molecule has 0 unspecified atom stereocenters. The number of hydrogen-bond acceptors (Lipinski definition) is 4. The quantitative estimate of drug-likeness (QED) is 0.772. The lowest BCUT2D eigenvalue weighted by Crippen LogP contribution is -2.22. The summed E-state index contributed by atoms with van der Waals surface area (Å²) in [5.41, 5.74) is -2.09. The lowest BCUT2D eigenvalue weighted by molar-refractivity contribution is -0.137. The van der Waals surface area contributed by atoms with Gasteiger partial charge >= 0.3 is 12.1 Å². The molecule has 6 nitrogen and oxygen atoms in total. The summed E-state index contributed by atoms with van der Waals surface area (Å²) in [7, 11) is 1.32. The number of rotatable bonds is 3. The molecule has 26 heavy (non-hydrogen) atoms. The van der Waals surface area contributed by atoms with Gasteiger partial charge in [0.15, 0.2) is 0 Å². The van der Waals surface area contributed by atoms with Gasteiger partial charge in [0.25, 0.3) is 0 Å². The van der Waals surface area contributed by atoms with Crippen molar-refractivity contribution in [1.82, 2.24) is 9.78 Å². The van der Waals surface area contributed by atoms with E-state index < -0.39 is 28.8 Å². The predicted molar refractivity (Wildman–Crippen MR) is 85.9 cm³/mol. The lowest BCUT2D eigenvalue weighted by Gasteiger charge is -2.14. The molecule has 0 aliphatic rings. The summed E-state index contributed by atoms with van der Waals surface area (Å²) < 4.78 is 44.4. The summed E-state index contributed by atoms with van der Waals surface area (Å²) in [6.07, 6.45) is -4.51. The molecule has 0 spiro atoms. The zero-order valence-electron chi connectivity index (χ0n) is 13.2. The maximum atomic E-state index is 12.7. The molecule has 0 saturated carbocycles. The molecule has 0 atom stereocenters. The Morgan fingerprint density at radius 1 is 1.15 bits per heavy atom. The molecule has 0 saturated heterocycles. The van der Waals surface area contributed by atoms with Crippen molar-refractivity contribution in [2.24, 2.45) is 0 Å². The molecule has 1 heterocycles. The normalized spacial score (nSPS) is 11.5. The zero-order chi connectivity index (χ0) is 19.1. The van der Waals surface area contributed by atoms with Crippen LogP contribution in [0.25, 0.3) is 16.6 Å². The van der Waals surface area contributed by atoms with Gasteiger partial charge in [-0.25, -0.2) is 9.48 Å². The fourth-order valence-corrected chi connectivity index (χ4v) is 2.54. The van der Waals surface area contributed by atoms with Crippen molar-refractivity contribution in [3.8, 4) is 11.4 Å². The molecular formula is C17H11F3N2O4. The van der Waals surface area contributed by atoms with E-state index in [4.69, 9.17) is 4.74 Å². The van der Waals surface area contributed by atoms with E-state index in [0.717, 1.165) is 28.9 Å². The van der Waals surface area contributed by atoms with Gasteiger partial charge in [0, 0.05) is 0 Å². The smallest absolute Gasteiger partial charge is 0.416 e. The minimum absolute atomic E-state index is 0.0257. The van der Waals surface area contributed by atoms with Crippen LogP contribution in [0.3, 0.4) is 0 Å². The highest BCUT2D eigenvalue weighted by Crippen LogP contribution is 2.30. The van der Waals surface area contributed by atoms with Crippen molar-refractivity contribution in [1.29, 1.82) is 0 Å². The van der Waals surface area contributed by atoms with Crippen LogP contribution in [0, 0.1) is 0 Å². The molecule has 0 fully saturated rings. The molecule has 0 radical (unpaired) electrons. The SMILES string of the molecule is COc1cccc2c1c(=O)c(C(=O)O)nn2-c1ccc(C(F)(F)F)cc1. The summed E-state index contributed by atoms with van der Waals surface area (Å²) in [5, 5.41) is 13.0. The number of aromatic nitrogens is 2. The molecular weight excluding hydrogens is 353 g/mol. The van der Waals surface area contributed by atoms with E-state index in [2.05, 4.69) is 5.10 Å². The van der Waals surface area contributed by atoms with Crippen LogP contribution in [0.4, 0.5) is 13.2 Å². The van der Waals surface area contributed by atoms with Crippen molar-refractivity contribution >= 4 is 16.9 Å². The number of hydrogen-bond donors (Lipinski definition) is 1. The molecule has 2 aromatic carbocycles. The van der Waals surface area contributed by atoms with Crippen LogP contribution in [0.15, 0.2) is 47.3 Å². The van der Waals surface area contributed by atoms with Crippen LogP contribution in [0.2, 0.25) is 0 Å². The first-order valence-corrected chi connectivity index (χ1v) is 7.25. The Morgan fingerprint density at radius 3 is 2.35 bits per heavy atom. The summed E-state index contributed by atoms with van der Waals surface area (Å²) >= 11 is 0. The molecule has 3 rings (SSSR count). The van der Waals surface area contributed by atoms with Crippen molar-refractivity contribution in [2.45, 2.75) is 6.18 Å². The third-order valence-corrected chi connectivity index (χ3v) is 3.74. The van der Waals surface area contributed by atoms with Gasteiger partial charge in [-0.05, 0) is 36.4 Å². The number of ether oxygens (including phenoxy) is 1. The summed E-state index contributed by atoms with van der Waals surface area (Å²) in [6.45, 7) is 0. The van der Waals surface area contributed by atoms with E-state index in [1.807, 2.05) is 0 Å². The Labute approximate surface area is 144 Å². The van der Waals surface area contributed by atoms with Crippen molar-refractivity contribution < 1.29 is 27.8 Å². The third-order valence-electron chi connectivity index (χ3n) is 3.74. The van der Waals surface area contributed by atoms with Gasteiger partial charge in [-0.15, -0.1) is 0 Å². The van der Waals surface area contributed by atoms with Crippen LogP contribution < -0.4 is 10.2 Å². The highest BCUT2D eigenvalue weighted by Gasteiger charge is 2.30. The maximum Gasteiger partial charge on any atom is 0.416 e. The number of carboxylic acids is 1. The number of alkyl halides is 3. The third kappa shape index (κ3) is 2.87. The molecule has 1 aromatic heterocycles. The van der Waals surface area contributed by atoms with Crippen molar-refractivity contribution in [2.75, 3.05) is 7.11 Å². The molecule has 0 amide bonds. The average Bonchev–Trinajstić information content (AvgIpc) is 2.60. The van der Waals surface area contributed by atoms with E-state index in [9.17, 15) is 27.9 Å². The van der Waals surface area contributed by atoms with E-state index in [1.54, 1.807) is 6.07 Å². The van der Waals surface area contributed by atoms with E-state index >= 15 is 0 Å². The Hall–Kier alpha value is -3.36. The van der Waals surface area contributed by atoms with Crippen LogP contribution >= 0.6 is 0 Å². The van der Waals surface area contributed by atoms with Crippen molar-refractivity contribution in [3.63, 3.8) is 0 Å². The Kier molecular flexibility index (Phi) is 4.15. The first-order chi connectivity index (χ1) is 12.2. The summed E-state index contributed by atoms with van der Waals surface area (Å²) in [6, 6.07) is 8.52. The van der Waals surface area contributed by atoms with Gasteiger partial charge in [0.1, 0.15) is 5.75 Å². The number of methoxy groups -OCH3 is 1. The first kappa shape index (κ1) is 17.5. The minimum Gasteiger partial charge on any atom is -0.496 e. The molecule has 0 bridgehead atoms. The predicted octanol–water partition coefficient (Wildman–Crippen LogP) is 3.11. The number of benzene rings is 2. The topological polar surface area (TPSA) is 81.4 Å². The molecule has 3 aromatic rings. The Morgan fingerprint density at radius 2 is 1.81 bits per heavy atom. The number of aromatic carboxylic acids is 1. The molecule has 9 heteroatoms. The highest BCUT2D eigenvalue weighted by molar-refractivity contribution is 5.93. The highest BCUT2D eigenvalue weighted by atomic mass is 19.4. The zero-order valence-corrected chi connectivity index (χ0v) is 13.2. The molecule has 134 valence electrons. The Balaban J connectivity index is 2.34. The average molecular weight is 364 g/mol. The molecule has 0 aliphatic heterocycles. The minimum atomic E-state index is -4.51. The van der Waals surface area contributed by atoms with Gasteiger partial charge in [-0.1, -0.05) is 6.07 Å². The number of halogens is 3. The van der Waals surface area contributed by atoms with Gasteiger partial charge < -0.3 is 9.84 Å². The monoisotopic (exact) mass is 364 g/mol. The number of carboxylic acid groups (broad SMARTS) is 1. The van der Waals surface area contributed by atoms with Crippen LogP contribution in [-0.2, 0) is 6.18 Å². The van der Waals surface area contributed by atoms with E-state index in [1.165, 1.54) is 19.2 Å². The van der Waals surface area contributed by atoms with E-state index in [-0.39, 0.29) is 22.3 Å². The van der Waals surface area contributed by atoms with Gasteiger partial charge in [0.05, 0.1) is 29.3 Å². The molecule has 0 aliphatic carbocycles. The second-order valence-electron chi connectivity index (χ2n) is 5.29. The van der Waals surface area contributed by atoms with Gasteiger partial charge in [0.2, 0.25) is 11.1 Å². The number of carbonyl (C=O) groups is 1. The summed E-state index contributed by atoms with van der Waals surface area (Å²) in [4.78, 5) is 23.8. The number of nitrogens with zero attached hydrogens (tertiary/aromatic N) is 2. The largest absolute Gasteiger partial charge is 0.496 e. The van der Waals surface area contributed by atoms with Crippen molar-refractivity contribution in [3.05, 3.63) is 63.9 Å². The summed E-state index contributed by atoms with van der Waals surface area (Å²) in [5.74, 6) is -1.42. The second-order valence-corrected chi connectivity index (χ2v) is 5.29. The Bertz CT molecular complexity index is 1060. The fraction of sp³-hybridized carbons (Fsp3) is 0.118. The standard InChI is InChI=1S/C17H11F3N2O4/c1-26-12-4-2-3-11-13(12)15(23)14(16(24)25)21-22(11)10-7-5-9(6-8-10)17(18,19)20/h2-8H,1H3,(H,24,25). The maximum absolute atomic E-state index is 12.7. The van der Waals surface area contributed by atoms with E-state index in [0.29, 0.717) is 0 Å². The number of fused-ring (bicyclic) bond motifs is 1. The van der Waals surface area contributed by atoms with Gasteiger partial charge in [-0.3, -0.25) is 4.79 Å². The molecule has 1 N–H and O–H groups in total. The van der Waals surface area contributed by atoms with Crippen LogP contribution in [0.1, 0.15) is 16.1 Å². The van der Waals surface area contributed by atoms with Crippen LogP contribution in [0.5, 0.6) is 5.75 Å². The van der Waals surface area contributed by atoms with Gasteiger partial charge in [-0.2, -0.15) is 18.3 Å².